The standard InChI is InChI=1S/C31H32N4O2S/c1-35(2)21-28(38)19-27(36)16-22-8-10-25(11-9-22)30(37)17-23-5-3-6-24(15-23)18-31-33-14-12-29(34-31)26-7-4-13-32-20-26/h3-15,20,28,38H,16-19,21H2,1-2H3. The molecule has 0 fully saturated rings. The van der Waals surface area contributed by atoms with E-state index in [9.17, 15) is 9.59 Å². The summed E-state index contributed by atoms with van der Waals surface area (Å²) in [5.74, 6) is 0.903. The third-order valence-corrected chi connectivity index (χ3v) is 6.44. The molecule has 194 valence electrons. The molecule has 38 heavy (non-hydrogen) atoms. The number of aromatic nitrogens is 3. The van der Waals surface area contributed by atoms with Crippen molar-refractivity contribution in [3.8, 4) is 11.3 Å². The third kappa shape index (κ3) is 8.16. The molecule has 0 aliphatic carbocycles. The molecular weight excluding hydrogens is 492 g/mol. The van der Waals surface area contributed by atoms with Crippen molar-refractivity contribution in [2.75, 3.05) is 20.6 Å². The van der Waals surface area contributed by atoms with Crippen LogP contribution in [0.5, 0.6) is 0 Å². The number of hydrogen-bond donors (Lipinski definition) is 1. The molecule has 0 aliphatic rings. The van der Waals surface area contributed by atoms with Gasteiger partial charge in [0, 0.05) is 67.2 Å². The summed E-state index contributed by atoms with van der Waals surface area (Å²) in [4.78, 5) is 40.6. The maximum absolute atomic E-state index is 13.0. The predicted octanol–water partition coefficient (Wildman–Crippen LogP) is 4.92. The Labute approximate surface area is 229 Å². The van der Waals surface area contributed by atoms with Gasteiger partial charge >= 0.3 is 0 Å². The molecule has 0 aliphatic heterocycles. The number of nitrogens with zero attached hydrogens (tertiary/aromatic N) is 4. The van der Waals surface area contributed by atoms with Gasteiger partial charge in [-0.1, -0.05) is 48.5 Å². The number of pyridine rings is 1. The Balaban J connectivity index is 1.35. The molecule has 2 heterocycles. The number of carbonyl (C=O) groups is 2. The highest BCUT2D eigenvalue weighted by molar-refractivity contribution is 7.81. The first-order valence-corrected chi connectivity index (χ1v) is 13.1. The van der Waals surface area contributed by atoms with E-state index in [1.165, 1.54) is 0 Å². The van der Waals surface area contributed by atoms with Crippen molar-refractivity contribution >= 4 is 24.2 Å². The lowest BCUT2D eigenvalue weighted by Crippen LogP contribution is -2.24. The average molecular weight is 525 g/mol. The van der Waals surface area contributed by atoms with Gasteiger partial charge in [0.1, 0.15) is 11.6 Å². The van der Waals surface area contributed by atoms with Crippen LogP contribution in [0, 0.1) is 0 Å². The molecule has 2 aromatic heterocycles. The van der Waals surface area contributed by atoms with Crippen LogP contribution in [0.2, 0.25) is 0 Å². The summed E-state index contributed by atoms with van der Waals surface area (Å²) in [5, 5.41) is 0.0192. The van der Waals surface area contributed by atoms with Crippen molar-refractivity contribution in [3.63, 3.8) is 0 Å². The van der Waals surface area contributed by atoms with Gasteiger partial charge in [0.2, 0.25) is 0 Å². The van der Waals surface area contributed by atoms with Crippen LogP contribution in [0.1, 0.15) is 39.3 Å². The molecule has 4 aromatic rings. The van der Waals surface area contributed by atoms with Gasteiger partial charge in [-0.3, -0.25) is 14.6 Å². The molecular formula is C31H32N4O2S. The van der Waals surface area contributed by atoms with Crippen molar-refractivity contribution < 1.29 is 9.59 Å². The lowest BCUT2D eigenvalue weighted by atomic mass is 9.98. The van der Waals surface area contributed by atoms with Crippen LogP contribution in [0.4, 0.5) is 0 Å². The Morgan fingerprint density at radius 1 is 0.895 bits per heavy atom. The topological polar surface area (TPSA) is 76.1 Å². The average Bonchev–Trinajstić information content (AvgIpc) is 2.89. The molecule has 0 saturated carbocycles. The minimum absolute atomic E-state index is 0.0192. The fraction of sp³-hybridized carbons (Fsp3) is 0.258. The summed E-state index contributed by atoms with van der Waals surface area (Å²) in [6.07, 6.45) is 6.93. The van der Waals surface area contributed by atoms with Crippen molar-refractivity contribution in [1.82, 2.24) is 19.9 Å². The molecule has 1 atom stereocenters. The zero-order chi connectivity index (χ0) is 26.9. The van der Waals surface area contributed by atoms with Gasteiger partial charge in [-0.15, -0.1) is 0 Å². The lowest BCUT2D eigenvalue weighted by molar-refractivity contribution is -0.118. The van der Waals surface area contributed by atoms with Crippen LogP contribution in [0.25, 0.3) is 11.3 Å². The SMILES string of the molecule is CN(C)CC(S)CC(=O)Cc1ccc(C(=O)Cc2cccc(Cc3nccc(-c4cccnc4)n3)c2)cc1. The van der Waals surface area contributed by atoms with Gasteiger partial charge in [0.25, 0.3) is 0 Å². The maximum Gasteiger partial charge on any atom is 0.167 e. The number of rotatable bonds is 12. The van der Waals surface area contributed by atoms with Crippen LogP contribution in [-0.2, 0) is 24.1 Å². The van der Waals surface area contributed by atoms with E-state index < -0.39 is 0 Å². The fourth-order valence-corrected chi connectivity index (χ4v) is 4.87. The molecule has 0 N–H and O–H groups in total. The minimum Gasteiger partial charge on any atom is -0.308 e. The quantitative estimate of drug-likeness (QED) is 0.210. The first-order valence-electron chi connectivity index (χ1n) is 12.6. The second-order valence-corrected chi connectivity index (χ2v) is 10.5. The first kappa shape index (κ1) is 27.4. The highest BCUT2D eigenvalue weighted by atomic mass is 32.1. The number of carbonyl (C=O) groups excluding carboxylic acids is 2. The molecule has 0 radical (unpaired) electrons. The fourth-order valence-electron chi connectivity index (χ4n) is 4.34. The molecule has 7 heteroatoms. The lowest BCUT2D eigenvalue weighted by Gasteiger charge is -2.15. The summed E-state index contributed by atoms with van der Waals surface area (Å²) in [6, 6.07) is 21.1. The number of hydrogen-bond acceptors (Lipinski definition) is 7. The Morgan fingerprint density at radius 2 is 1.68 bits per heavy atom. The molecule has 0 spiro atoms. The van der Waals surface area contributed by atoms with Gasteiger partial charge in [0.05, 0.1) is 5.69 Å². The van der Waals surface area contributed by atoms with Crippen molar-refractivity contribution in [2.45, 2.75) is 30.9 Å². The van der Waals surface area contributed by atoms with Crippen molar-refractivity contribution in [1.29, 1.82) is 0 Å². The van der Waals surface area contributed by atoms with Crippen LogP contribution < -0.4 is 0 Å². The van der Waals surface area contributed by atoms with E-state index in [4.69, 9.17) is 0 Å². The zero-order valence-corrected chi connectivity index (χ0v) is 22.6. The van der Waals surface area contributed by atoms with Gasteiger partial charge < -0.3 is 4.90 Å². The summed E-state index contributed by atoms with van der Waals surface area (Å²) in [6.45, 7) is 0.758. The first-order chi connectivity index (χ1) is 18.4. The molecule has 1 unspecified atom stereocenters. The number of thiol groups is 1. The van der Waals surface area contributed by atoms with Crippen LogP contribution in [-0.4, -0.2) is 57.3 Å². The van der Waals surface area contributed by atoms with E-state index in [0.29, 0.717) is 37.1 Å². The van der Waals surface area contributed by atoms with E-state index in [1.54, 1.807) is 18.6 Å². The van der Waals surface area contributed by atoms with E-state index in [-0.39, 0.29) is 16.8 Å². The van der Waals surface area contributed by atoms with E-state index in [2.05, 4.69) is 27.6 Å². The summed E-state index contributed by atoms with van der Waals surface area (Å²) in [7, 11) is 3.94. The normalized spacial score (nSPS) is 11.9. The smallest absolute Gasteiger partial charge is 0.167 e. The second kappa shape index (κ2) is 13.2. The van der Waals surface area contributed by atoms with Crippen LogP contribution >= 0.6 is 12.6 Å². The van der Waals surface area contributed by atoms with Crippen LogP contribution in [0.15, 0.2) is 85.3 Å². The molecule has 0 bridgehead atoms. The number of Topliss-reactive ketones (excluding diaryl/α,β-unsaturated/α-hetero) is 2. The highest BCUT2D eigenvalue weighted by Crippen LogP contribution is 2.17. The van der Waals surface area contributed by atoms with Gasteiger partial charge in [-0.05, 0) is 49.0 Å². The minimum atomic E-state index is 0.0192. The Hall–Kier alpha value is -3.68. The third-order valence-electron chi connectivity index (χ3n) is 6.10. The molecule has 0 amide bonds. The Kier molecular flexibility index (Phi) is 9.51. The van der Waals surface area contributed by atoms with Crippen molar-refractivity contribution in [2.24, 2.45) is 0 Å². The van der Waals surface area contributed by atoms with E-state index >= 15 is 0 Å². The van der Waals surface area contributed by atoms with Crippen LogP contribution in [0.3, 0.4) is 0 Å². The molecule has 2 aromatic carbocycles. The second-order valence-electron chi connectivity index (χ2n) is 9.73. The molecule has 4 rings (SSSR count). The monoisotopic (exact) mass is 524 g/mol. The molecule has 0 saturated heterocycles. The Bertz CT molecular complexity index is 1370. The predicted molar refractivity (Wildman–Crippen MR) is 154 cm³/mol. The highest BCUT2D eigenvalue weighted by Gasteiger charge is 2.13. The Morgan fingerprint density at radius 3 is 2.42 bits per heavy atom. The number of ketones is 2. The van der Waals surface area contributed by atoms with E-state index in [1.807, 2.05) is 85.7 Å². The largest absolute Gasteiger partial charge is 0.308 e. The maximum atomic E-state index is 13.0. The summed E-state index contributed by atoms with van der Waals surface area (Å²) >= 11 is 4.50. The van der Waals surface area contributed by atoms with Gasteiger partial charge in [-0.2, -0.15) is 12.6 Å². The van der Waals surface area contributed by atoms with Gasteiger partial charge in [-0.25, -0.2) is 9.97 Å². The summed E-state index contributed by atoms with van der Waals surface area (Å²) < 4.78 is 0. The molecule has 6 nitrogen and oxygen atoms in total. The summed E-state index contributed by atoms with van der Waals surface area (Å²) in [5.41, 5.74) is 5.31. The van der Waals surface area contributed by atoms with Gasteiger partial charge in [0.15, 0.2) is 5.78 Å². The van der Waals surface area contributed by atoms with E-state index in [0.717, 1.165) is 34.5 Å². The van der Waals surface area contributed by atoms with Crippen molar-refractivity contribution in [3.05, 3.63) is 113 Å². The zero-order valence-electron chi connectivity index (χ0n) is 21.7. The number of benzene rings is 2.